The Morgan fingerprint density at radius 2 is 2.18 bits per heavy atom. The second-order valence-corrected chi connectivity index (χ2v) is 3.86. The number of benzene rings is 1. The van der Waals surface area contributed by atoms with Crippen LogP contribution in [0.4, 0.5) is 0 Å². The zero-order valence-electron chi connectivity index (χ0n) is 5.98. The van der Waals surface area contributed by atoms with Crippen molar-refractivity contribution < 1.29 is 0 Å². The van der Waals surface area contributed by atoms with Crippen LogP contribution in [0.15, 0.2) is 18.2 Å². The molecule has 60 valence electrons. The Bertz CT molecular complexity index is 250. The Morgan fingerprint density at radius 1 is 1.45 bits per heavy atom. The summed E-state index contributed by atoms with van der Waals surface area (Å²) < 4.78 is 1.09. The largest absolute Gasteiger partial charge is 0.330 e. The van der Waals surface area contributed by atoms with Crippen molar-refractivity contribution >= 4 is 34.2 Å². The van der Waals surface area contributed by atoms with Crippen LogP contribution in [0.25, 0.3) is 0 Å². The quantitative estimate of drug-likeness (QED) is 0.828. The summed E-state index contributed by atoms with van der Waals surface area (Å²) in [5, 5.41) is 0.816. The van der Waals surface area contributed by atoms with E-state index in [-0.39, 0.29) is 0 Å². The van der Waals surface area contributed by atoms with E-state index in [1.54, 1.807) is 0 Å². The third kappa shape index (κ3) is 2.61. The van der Waals surface area contributed by atoms with Gasteiger partial charge in [-0.1, -0.05) is 17.7 Å². The molecule has 0 aliphatic carbocycles. The molecule has 1 aromatic rings. The van der Waals surface area contributed by atoms with Gasteiger partial charge in [0.25, 0.3) is 0 Å². The summed E-state index contributed by atoms with van der Waals surface area (Å²) in [6, 6.07) is 6.03. The number of halogens is 2. The molecule has 1 rings (SSSR count). The molecular formula is C8H9ClIN. The predicted octanol–water partition coefficient (Wildman–Crippen LogP) is 2.45. The predicted molar refractivity (Wildman–Crippen MR) is 56.9 cm³/mol. The molecule has 0 aromatic heterocycles. The number of rotatable bonds is 2. The van der Waals surface area contributed by atoms with Crippen molar-refractivity contribution in [1.82, 2.24) is 0 Å². The molecular weight excluding hydrogens is 272 g/mol. The topological polar surface area (TPSA) is 26.0 Å². The Hall–Kier alpha value is 0.200. The highest BCUT2D eigenvalue weighted by molar-refractivity contribution is 14.1. The minimum Gasteiger partial charge on any atom is -0.330 e. The van der Waals surface area contributed by atoms with Gasteiger partial charge in [-0.25, -0.2) is 0 Å². The van der Waals surface area contributed by atoms with Crippen LogP contribution in [0.1, 0.15) is 5.56 Å². The highest BCUT2D eigenvalue weighted by atomic mass is 127. The first-order valence-corrected chi connectivity index (χ1v) is 4.83. The number of nitrogens with two attached hydrogens (primary N) is 1. The summed E-state index contributed by atoms with van der Waals surface area (Å²) in [4.78, 5) is 0. The van der Waals surface area contributed by atoms with Crippen LogP contribution in [0.5, 0.6) is 0 Å². The maximum atomic E-state index is 5.90. The average molecular weight is 282 g/mol. The number of hydrogen-bond donors (Lipinski definition) is 1. The second-order valence-electron chi connectivity index (χ2n) is 2.29. The fourth-order valence-electron chi connectivity index (χ4n) is 0.862. The third-order valence-electron chi connectivity index (χ3n) is 1.42. The fraction of sp³-hybridized carbons (Fsp3) is 0.250. The van der Waals surface area contributed by atoms with E-state index in [0.29, 0.717) is 6.54 Å². The molecule has 1 nitrogen and oxygen atoms in total. The first-order chi connectivity index (χ1) is 5.24. The molecule has 0 amide bonds. The van der Waals surface area contributed by atoms with Crippen molar-refractivity contribution in [3.63, 3.8) is 0 Å². The smallest absolute Gasteiger partial charge is 0.0542 e. The summed E-state index contributed by atoms with van der Waals surface area (Å²) in [5.41, 5.74) is 6.61. The van der Waals surface area contributed by atoms with Crippen molar-refractivity contribution in [3.05, 3.63) is 32.4 Å². The minimum absolute atomic E-state index is 0.678. The molecule has 0 unspecified atom stereocenters. The molecule has 0 aliphatic heterocycles. The zero-order chi connectivity index (χ0) is 8.27. The molecule has 0 heterocycles. The van der Waals surface area contributed by atoms with Crippen molar-refractivity contribution in [3.8, 4) is 0 Å². The van der Waals surface area contributed by atoms with Crippen LogP contribution in [0, 0.1) is 3.57 Å². The SMILES string of the molecule is NCCc1ccc(I)c(Cl)c1. The molecule has 0 atom stereocenters. The van der Waals surface area contributed by atoms with Crippen LogP contribution < -0.4 is 5.73 Å². The van der Waals surface area contributed by atoms with E-state index in [1.165, 1.54) is 5.56 Å². The summed E-state index contributed by atoms with van der Waals surface area (Å²) in [7, 11) is 0. The summed E-state index contributed by atoms with van der Waals surface area (Å²) in [6.45, 7) is 0.678. The van der Waals surface area contributed by atoms with Gasteiger partial charge in [-0.15, -0.1) is 0 Å². The standard InChI is InChI=1S/C8H9ClIN/c9-7-5-6(3-4-11)1-2-8(7)10/h1-2,5H,3-4,11H2. The fourth-order valence-corrected chi connectivity index (χ4v) is 1.40. The highest BCUT2D eigenvalue weighted by Gasteiger charge is 1.97. The summed E-state index contributed by atoms with van der Waals surface area (Å²) >= 11 is 8.11. The Balaban J connectivity index is 2.86. The third-order valence-corrected chi connectivity index (χ3v) is 2.99. The summed E-state index contributed by atoms with van der Waals surface area (Å²) in [5.74, 6) is 0. The molecule has 0 saturated carbocycles. The van der Waals surface area contributed by atoms with Crippen LogP contribution in [0.2, 0.25) is 5.02 Å². The van der Waals surface area contributed by atoms with Crippen LogP contribution in [0.3, 0.4) is 0 Å². The van der Waals surface area contributed by atoms with Gasteiger partial charge < -0.3 is 5.73 Å². The monoisotopic (exact) mass is 281 g/mol. The molecule has 2 N–H and O–H groups in total. The van der Waals surface area contributed by atoms with Gasteiger partial charge in [0.15, 0.2) is 0 Å². The first kappa shape index (κ1) is 9.29. The molecule has 11 heavy (non-hydrogen) atoms. The maximum absolute atomic E-state index is 5.90. The Morgan fingerprint density at radius 3 is 2.73 bits per heavy atom. The van der Waals surface area contributed by atoms with E-state index in [1.807, 2.05) is 12.1 Å². The van der Waals surface area contributed by atoms with Gasteiger partial charge in [0.1, 0.15) is 0 Å². The van der Waals surface area contributed by atoms with E-state index in [2.05, 4.69) is 28.7 Å². The van der Waals surface area contributed by atoms with Gasteiger partial charge in [0.2, 0.25) is 0 Å². The van der Waals surface area contributed by atoms with Crippen molar-refractivity contribution in [2.75, 3.05) is 6.54 Å². The molecule has 0 saturated heterocycles. The van der Waals surface area contributed by atoms with E-state index in [9.17, 15) is 0 Å². The number of hydrogen-bond acceptors (Lipinski definition) is 1. The lowest BCUT2D eigenvalue weighted by Gasteiger charge is -2.00. The van der Waals surface area contributed by atoms with Crippen molar-refractivity contribution in [2.45, 2.75) is 6.42 Å². The van der Waals surface area contributed by atoms with Crippen molar-refractivity contribution in [2.24, 2.45) is 5.73 Å². The Labute approximate surface area is 85.1 Å². The van der Waals surface area contributed by atoms with Gasteiger partial charge in [0.05, 0.1) is 5.02 Å². The van der Waals surface area contributed by atoms with Crippen LogP contribution in [-0.2, 0) is 6.42 Å². The lowest BCUT2D eigenvalue weighted by Crippen LogP contribution is -2.02. The van der Waals surface area contributed by atoms with E-state index >= 15 is 0 Å². The van der Waals surface area contributed by atoms with E-state index in [4.69, 9.17) is 17.3 Å². The minimum atomic E-state index is 0.678. The lowest BCUT2D eigenvalue weighted by molar-refractivity contribution is 0.968. The van der Waals surface area contributed by atoms with Crippen LogP contribution >= 0.6 is 34.2 Å². The molecule has 3 heteroatoms. The van der Waals surface area contributed by atoms with Gasteiger partial charge >= 0.3 is 0 Å². The molecule has 0 radical (unpaired) electrons. The molecule has 0 bridgehead atoms. The molecule has 0 aliphatic rings. The zero-order valence-corrected chi connectivity index (χ0v) is 8.89. The molecule has 1 aromatic carbocycles. The van der Waals surface area contributed by atoms with Gasteiger partial charge in [-0.05, 0) is 53.3 Å². The highest BCUT2D eigenvalue weighted by Crippen LogP contribution is 2.19. The van der Waals surface area contributed by atoms with Gasteiger partial charge in [-0.2, -0.15) is 0 Å². The first-order valence-electron chi connectivity index (χ1n) is 3.38. The molecule has 0 fully saturated rings. The Kier molecular flexibility index (Phi) is 3.62. The molecule has 0 spiro atoms. The van der Waals surface area contributed by atoms with E-state index in [0.717, 1.165) is 15.0 Å². The van der Waals surface area contributed by atoms with Crippen LogP contribution in [-0.4, -0.2) is 6.54 Å². The average Bonchev–Trinajstić information content (AvgIpc) is 1.98. The lowest BCUT2D eigenvalue weighted by atomic mass is 10.2. The van der Waals surface area contributed by atoms with Crippen molar-refractivity contribution in [1.29, 1.82) is 0 Å². The summed E-state index contributed by atoms with van der Waals surface area (Å²) in [6.07, 6.45) is 0.899. The normalized spacial score (nSPS) is 10.1. The van der Waals surface area contributed by atoms with E-state index < -0.39 is 0 Å². The van der Waals surface area contributed by atoms with Gasteiger partial charge in [-0.3, -0.25) is 0 Å². The second kappa shape index (κ2) is 4.28. The van der Waals surface area contributed by atoms with Gasteiger partial charge in [0, 0.05) is 3.57 Å². The maximum Gasteiger partial charge on any atom is 0.0542 e.